The Labute approximate surface area is 124 Å². The van der Waals surface area contributed by atoms with Gasteiger partial charge in [-0.25, -0.2) is 0 Å². The third-order valence-corrected chi connectivity index (χ3v) is 5.25. The lowest BCUT2D eigenvalue weighted by molar-refractivity contribution is 0.0159. The van der Waals surface area contributed by atoms with E-state index < -0.39 is 0 Å². The van der Waals surface area contributed by atoms with Crippen molar-refractivity contribution in [2.24, 2.45) is 5.41 Å². The van der Waals surface area contributed by atoms with E-state index in [4.69, 9.17) is 27.9 Å². The largest absolute Gasteiger partial charge is 0.372 e. The molecular formula is C15H19Cl2NO. The number of hydrogen-bond acceptors (Lipinski definition) is 2. The molecule has 1 atom stereocenters. The zero-order valence-electron chi connectivity index (χ0n) is 10.9. The van der Waals surface area contributed by atoms with E-state index in [1.807, 2.05) is 18.2 Å². The molecule has 1 heterocycles. The van der Waals surface area contributed by atoms with Gasteiger partial charge in [-0.3, -0.25) is 0 Å². The van der Waals surface area contributed by atoms with Gasteiger partial charge in [-0.1, -0.05) is 48.2 Å². The molecule has 1 N–H and O–H groups in total. The van der Waals surface area contributed by atoms with Crippen molar-refractivity contribution in [1.29, 1.82) is 0 Å². The average molecular weight is 300 g/mol. The van der Waals surface area contributed by atoms with Gasteiger partial charge in [0.15, 0.2) is 0 Å². The number of ether oxygens (including phenoxy) is 1. The normalized spacial score (nSPS) is 26.5. The molecule has 1 aliphatic heterocycles. The van der Waals surface area contributed by atoms with Gasteiger partial charge in [0.2, 0.25) is 0 Å². The fourth-order valence-electron chi connectivity index (χ4n) is 3.27. The van der Waals surface area contributed by atoms with Gasteiger partial charge in [0.1, 0.15) is 0 Å². The SMILES string of the molecule is Clc1cccc(C2CNCC3(CCCC3)CO2)c1Cl. The van der Waals surface area contributed by atoms with E-state index >= 15 is 0 Å². The number of halogens is 2. The molecule has 2 nitrogen and oxygen atoms in total. The Balaban J connectivity index is 1.78. The van der Waals surface area contributed by atoms with Crippen LogP contribution in [0.1, 0.15) is 37.4 Å². The summed E-state index contributed by atoms with van der Waals surface area (Å²) < 4.78 is 6.16. The van der Waals surface area contributed by atoms with Crippen LogP contribution in [0.4, 0.5) is 0 Å². The van der Waals surface area contributed by atoms with Gasteiger partial charge in [0.05, 0.1) is 22.8 Å². The Kier molecular flexibility index (Phi) is 4.04. The smallest absolute Gasteiger partial charge is 0.0964 e. The number of hydrogen-bond donors (Lipinski definition) is 1. The maximum Gasteiger partial charge on any atom is 0.0964 e. The molecule has 1 saturated heterocycles. The van der Waals surface area contributed by atoms with Crippen LogP contribution in [-0.2, 0) is 4.74 Å². The molecule has 0 amide bonds. The molecule has 1 aliphatic carbocycles. The van der Waals surface area contributed by atoms with Crippen LogP contribution in [0.15, 0.2) is 18.2 Å². The predicted octanol–water partition coefficient (Wildman–Crippen LogP) is 4.21. The second-order valence-corrected chi connectivity index (χ2v) is 6.57. The van der Waals surface area contributed by atoms with Crippen LogP contribution in [0.3, 0.4) is 0 Å². The third-order valence-electron chi connectivity index (χ3n) is 4.41. The zero-order chi connectivity index (χ0) is 13.3. The third kappa shape index (κ3) is 2.78. The lowest BCUT2D eigenvalue weighted by Crippen LogP contribution is -2.32. The van der Waals surface area contributed by atoms with E-state index in [0.29, 0.717) is 15.5 Å². The molecule has 1 saturated carbocycles. The summed E-state index contributed by atoms with van der Waals surface area (Å²) in [5, 5.41) is 4.77. The first-order valence-electron chi connectivity index (χ1n) is 6.96. The van der Waals surface area contributed by atoms with Crippen molar-refractivity contribution in [3.63, 3.8) is 0 Å². The van der Waals surface area contributed by atoms with E-state index in [0.717, 1.165) is 25.3 Å². The Morgan fingerprint density at radius 1 is 1.21 bits per heavy atom. The maximum atomic E-state index is 6.29. The summed E-state index contributed by atoms with van der Waals surface area (Å²) in [6, 6.07) is 5.76. The first-order chi connectivity index (χ1) is 9.20. The molecule has 0 aromatic heterocycles. The Morgan fingerprint density at radius 3 is 2.79 bits per heavy atom. The summed E-state index contributed by atoms with van der Waals surface area (Å²) in [6.07, 6.45) is 5.21. The second-order valence-electron chi connectivity index (χ2n) is 5.78. The molecule has 4 heteroatoms. The number of rotatable bonds is 1. The zero-order valence-corrected chi connectivity index (χ0v) is 12.4. The highest BCUT2D eigenvalue weighted by molar-refractivity contribution is 6.42. The number of benzene rings is 1. The van der Waals surface area contributed by atoms with E-state index in [1.54, 1.807) is 0 Å². The summed E-state index contributed by atoms with van der Waals surface area (Å²) >= 11 is 12.4. The predicted molar refractivity (Wildman–Crippen MR) is 78.9 cm³/mol. The van der Waals surface area contributed by atoms with Crippen molar-refractivity contribution in [3.8, 4) is 0 Å². The molecule has 0 radical (unpaired) electrons. The average Bonchev–Trinajstić information content (AvgIpc) is 2.76. The monoisotopic (exact) mass is 299 g/mol. The van der Waals surface area contributed by atoms with Crippen molar-refractivity contribution in [2.45, 2.75) is 31.8 Å². The molecule has 1 aromatic rings. The second kappa shape index (κ2) is 5.61. The van der Waals surface area contributed by atoms with Crippen molar-refractivity contribution < 1.29 is 4.74 Å². The summed E-state index contributed by atoms with van der Waals surface area (Å²) in [7, 11) is 0. The molecule has 104 valence electrons. The molecule has 0 bridgehead atoms. The van der Waals surface area contributed by atoms with Crippen molar-refractivity contribution in [3.05, 3.63) is 33.8 Å². The molecule has 1 spiro atoms. The number of nitrogens with one attached hydrogen (secondary N) is 1. The van der Waals surface area contributed by atoms with Crippen LogP contribution >= 0.6 is 23.2 Å². The molecule has 2 fully saturated rings. The van der Waals surface area contributed by atoms with E-state index in [-0.39, 0.29) is 6.10 Å². The summed E-state index contributed by atoms with van der Waals surface area (Å²) in [6.45, 7) is 2.69. The minimum Gasteiger partial charge on any atom is -0.372 e. The summed E-state index contributed by atoms with van der Waals surface area (Å²) in [5.74, 6) is 0. The Hall–Kier alpha value is -0.280. The van der Waals surface area contributed by atoms with Crippen LogP contribution < -0.4 is 5.32 Å². The lowest BCUT2D eigenvalue weighted by atomic mass is 9.87. The van der Waals surface area contributed by atoms with Crippen molar-refractivity contribution in [2.75, 3.05) is 19.7 Å². The van der Waals surface area contributed by atoms with Gasteiger partial charge in [0, 0.05) is 24.1 Å². The van der Waals surface area contributed by atoms with Crippen LogP contribution in [0, 0.1) is 5.41 Å². The quantitative estimate of drug-likeness (QED) is 0.838. The Morgan fingerprint density at radius 2 is 2.00 bits per heavy atom. The summed E-state index contributed by atoms with van der Waals surface area (Å²) in [4.78, 5) is 0. The van der Waals surface area contributed by atoms with Crippen molar-refractivity contribution >= 4 is 23.2 Å². The van der Waals surface area contributed by atoms with Crippen LogP contribution in [0.25, 0.3) is 0 Å². The van der Waals surface area contributed by atoms with Gasteiger partial charge >= 0.3 is 0 Å². The molecule has 2 aliphatic rings. The first-order valence-corrected chi connectivity index (χ1v) is 7.72. The molecule has 19 heavy (non-hydrogen) atoms. The highest BCUT2D eigenvalue weighted by Gasteiger charge is 2.37. The van der Waals surface area contributed by atoms with E-state index in [1.165, 1.54) is 25.7 Å². The molecule has 3 rings (SSSR count). The van der Waals surface area contributed by atoms with E-state index in [9.17, 15) is 0 Å². The van der Waals surface area contributed by atoms with Gasteiger partial charge in [-0.05, 0) is 18.9 Å². The van der Waals surface area contributed by atoms with Crippen molar-refractivity contribution in [1.82, 2.24) is 5.32 Å². The molecule has 1 unspecified atom stereocenters. The van der Waals surface area contributed by atoms with Gasteiger partial charge in [-0.15, -0.1) is 0 Å². The van der Waals surface area contributed by atoms with Crippen LogP contribution in [-0.4, -0.2) is 19.7 Å². The first kappa shape index (κ1) is 13.7. The van der Waals surface area contributed by atoms with E-state index in [2.05, 4.69) is 5.32 Å². The topological polar surface area (TPSA) is 21.3 Å². The Bertz CT molecular complexity index is 457. The van der Waals surface area contributed by atoms with Crippen LogP contribution in [0.2, 0.25) is 10.0 Å². The molecular weight excluding hydrogens is 281 g/mol. The lowest BCUT2D eigenvalue weighted by Gasteiger charge is -2.26. The standard InChI is InChI=1S/C15H19Cl2NO/c16-12-5-3-4-11(14(12)17)13-8-18-9-15(10-19-13)6-1-2-7-15/h3-5,13,18H,1-2,6-10H2. The summed E-state index contributed by atoms with van der Waals surface area (Å²) in [5.41, 5.74) is 1.34. The highest BCUT2D eigenvalue weighted by Crippen LogP contribution is 2.41. The van der Waals surface area contributed by atoms with Gasteiger partial charge in [-0.2, -0.15) is 0 Å². The minimum absolute atomic E-state index is 0.00572. The minimum atomic E-state index is 0.00572. The molecule has 1 aromatic carbocycles. The fourth-order valence-corrected chi connectivity index (χ4v) is 3.70. The fraction of sp³-hybridized carbons (Fsp3) is 0.600. The highest BCUT2D eigenvalue weighted by atomic mass is 35.5. The van der Waals surface area contributed by atoms with Gasteiger partial charge < -0.3 is 10.1 Å². The maximum absolute atomic E-state index is 6.29. The van der Waals surface area contributed by atoms with Gasteiger partial charge in [0.25, 0.3) is 0 Å². The van der Waals surface area contributed by atoms with Crippen LogP contribution in [0.5, 0.6) is 0 Å².